The second kappa shape index (κ2) is 30.1. The van der Waals surface area contributed by atoms with Crippen LogP contribution in [-0.4, -0.2) is 150 Å². The van der Waals surface area contributed by atoms with Gasteiger partial charge in [0.1, 0.15) is 36.1 Å². The highest BCUT2D eigenvalue weighted by molar-refractivity contribution is 8.00. The number of unbranched alkanes of at least 4 members (excludes halogenated alkanes) is 1. The van der Waals surface area contributed by atoms with Crippen molar-refractivity contribution in [1.82, 2.24) is 37.2 Å². The van der Waals surface area contributed by atoms with Crippen LogP contribution in [0.15, 0.2) is 77.0 Å². The number of carbonyl (C=O) groups excluding carboxylic acids is 5. The minimum Gasteiger partial charge on any atom is -0.491 e. The largest absolute Gasteiger partial charge is 0.491 e. The first kappa shape index (κ1) is 59.3. The summed E-state index contributed by atoms with van der Waals surface area (Å²) in [6, 6.07) is 13.1. The van der Waals surface area contributed by atoms with Crippen LogP contribution in [0.1, 0.15) is 54.9 Å². The van der Waals surface area contributed by atoms with Crippen molar-refractivity contribution in [2.45, 2.75) is 93.2 Å². The van der Waals surface area contributed by atoms with E-state index >= 15 is 0 Å². The number of amides is 6. The number of carbonyl (C=O) groups is 5. The molecule has 0 radical (unpaired) electrons. The number of fused-ring (bicyclic) bond motifs is 1. The maximum Gasteiger partial charge on any atom is 0.442 e. The van der Waals surface area contributed by atoms with Crippen molar-refractivity contribution in [3.05, 3.63) is 101 Å². The van der Waals surface area contributed by atoms with Gasteiger partial charge >= 0.3 is 17.9 Å². The van der Waals surface area contributed by atoms with Gasteiger partial charge in [-0.25, -0.2) is 13.6 Å². The standard InChI is InChI=1S/C51H66F5N9O10S/c1-33(60-48(69)40(27-34-7-3-2-4-8-34)61-45(67)28-35-25-38(52)30-39(53)26-35)47(68)59-31-36-11-12-37(50(64-65-50)51(54,55)56)29-42(36)75-24-23-74-22-21-72-17-14-57-13-16-71-19-20-73-18-15-58-44(66)10-6-5-9-43-46-41(32-76-43)62-49(70)63-46/h2-4,7-8,11-12,25-26,29-30,33,40-41,43,46,57H,5-6,9-10,13-24,27-28,31-32H2,1H3,(H,58,66)(H,59,68)(H,60,69)(H,61,67)(H2,62,63,70)/t33-,40-,41-,43-,46-/m0/s1. The summed E-state index contributed by atoms with van der Waals surface area (Å²) in [5, 5.41) is 26.8. The van der Waals surface area contributed by atoms with E-state index in [0.717, 1.165) is 43.2 Å². The lowest BCUT2D eigenvalue weighted by molar-refractivity contribution is -0.166. The Morgan fingerprint density at radius 1 is 0.750 bits per heavy atom. The normalized spacial score (nSPS) is 18.0. The molecule has 3 aromatic rings. The summed E-state index contributed by atoms with van der Waals surface area (Å²) in [6.07, 6.45) is -2.04. The molecule has 2 saturated heterocycles. The second-order valence-corrected chi connectivity index (χ2v) is 19.4. The third kappa shape index (κ3) is 19.2. The van der Waals surface area contributed by atoms with Gasteiger partial charge < -0.3 is 60.9 Å². The summed E-state index contributed by atoms with van der Waals surface area (Å²) >= 11 is 1.87. The van der Waals surface area contributed by atoms with Gasteiger partial charge in [0.25, 0.3) is 0 Å². The Kier molecular flexibility index (Phi) is 23.5. The molecule has 19 nitrogen and oxygen atoms in total. The van der Waals surface area contributed by atoms with Crippen LogP contribution >= 0.6 is 11.8 Å². The highest BCUT2D eigenvalue weighted by atomic mass is 32.2. The van der Waals surface area contributed by atoms with Gasteiger partial charge in [0.2, 0.25) is 23.6 Å². The van der Waals surface area contributed by atoms with E-state index < -0.39 is 59.7 Å². The van der Waals surface area contributed by atoms with E-state index in [1.165, 1.54) is 19.1 Å². The summed E-state index contributed by atoms with van der Waals surface area (Å²) < 4.78 is 97.5. The lowest BCUT2D eigenvalue weighted by Crippen LogP contribution is -2.53. The number of nitrogens with zero attached hydrogens (tertiary/aromatic N) is 2. The molecule has 0 saturated carbocycles. The second-order valence-electron chi connectivity index (χ2n) is 18.2. The van der Waals surface area contributed by atoms with Gasteiger partial charge in [-0.05, 0) is 49.1 Å². The molecule has 0 aromatic heterocycles. The van der Waals surface area contributed by atoms with E-state index in [2.05, 4.69) is 47.4 Å². The van der Waals surface area contributed by atoms with Gasteiger partial charge in [0, 0.05) is 67.2 Å². The van der Waals surface area contributed by atoms with Gasteiger partial charge in [-0.1, -0.05) is 48.9 Å². The topological polar surface area (TPSA) is 240 Å². The van der Waals surface area contributed by atoms with Crippen molar-refractivity contribution in [3.63, 3.8) is 0 Å². The molecule has 5 atom stereocenters. The molecule has 0 aliphatic carbocycles. The van der Waals surface area contributed by atoms with E-state index in [-0.39, 0.29) is 80.3 Å². The van der Waals surface area contributed by atoms with Gasteiger partial charge in [0.05, 0.1) is 71.4 Å². The van der Waals surface area contributed by atoms with E-state index in [9.17, 15) is 45.9 Å². The van der Waals surface area contributed by atoms with Crippen molar-refractivity contribution in [3.8, 4) is 5.75 Å². The molecule has 3 aromatic carbocycles. The smallest absolute Gasteiger partial charge is 0.442 e. The third-order valence-electron chi connectivity index (χ3n) is 12.3. The number of halogens is 5. The number of alkyl halides is 3. The zero-order chi connectivity index (χ0) is 54.3. The van der Waals surface area contributed by atoms with E-state index in [0.29, 0.717) is 81.5 Å². The van der Waals surface area contributed by atoms with Crippen molar-refractivity contribution in [1.29, 1.82) is 0 Å². The number of thioether (sulfide) groups is 1. The highest BCUT2D eigenvalue weighted by Crippen LogP contribution is 2.53. The lowest BCUT2D eigenvalue weighted by atomic mass is 10.00. The fourth-order valence-electron chi connectivity index (χ4n) is 8.31. The Labute approximate surface area is 441 Å². The molecule has 0 unspecified atom stereocenters. The van der Waals surface area contributed by atoms with Gasteiger partial charge in [0.15, 0.2) is 0 Å². The third-order valence-corrected chi connectivity index (χ3v) is 13.8. The Hall–Kier alpha value is -5.99. The van der Waals surface area contributed by atoms with E-state index in [4.69, 9.17) is 23.7 Å². The van der Waals surface area contributed by atoms with Crippen LogP contribution in [0.25, 0.3) is 0 Å². The first-order valence-corrected chi connectivity index (χ1v) is 26.3. The van der Waals surface area contributed by atoms with Crippen LogP contribution in [0.4, 0.5) is 26.7 Å². The van der Waals surface area contributed by atoms with Crippen molar-refractivity contribution in [2.24, 2.45) is 10.2 Å². The fraction of sp³-hybridized carbons (Fsp3) is 0.549. The Morgan fingerprint density at radius 3 is 2.08 bits per heavy atom. The number of urea groups is 1. The molecule has 6 amide bonds. The number of hydrogen-bond donors (Lipinski definition) is 7. The van der Waals surface area contributed by atoms with Crippen molar-refractivity contribution >= 4 is 41.4 Å². The first-order chi connectivity index (χ1) is 36.6. The quantitative estimate of drug-likeness (QED) is 0.0250. The van der Waals surface area contributed by atoms with Gasteiger partial charge in [-0.3, -0.25) is 19.2 Å². The lowest BCUT2D eigenvalue weighted by Gasteiger charge is -2.22. The summed E-state index contributed by atoms with van der Waals surface area (Å²) in [5.74, 6) is -2.87. The molecule has 3 heterocycles. The van der Waals surface area contributed by atoms with Gasteiger partial charge in [-0.2, -0.15) is 24.9 Å². The Morgan fingerprint density at radius 2 is 1.41 bits per heavy atom. The number of benzene rings is 3. The molecule has 7 N–H and O–H groups in total. The molecule has 3 aliphatic heterocycles. The molecular formula is C51H66F5N9O10S. The fourth-order valence-corrected chi connectivity index (χ4v) is 9.85. The summed E-state index contributed by atoms with van der Waals surface area (Å²) in [4.78, 5) is 63.4. The number of ether oxygens (including phenoxy) is 5. The van der Waals surface area contributed by atoms with Crippen LogP contribution in [-0.2, 0) is 63.2 Å². The van der Waals surface area contributed by atoms with E-state index in [1.807, 2.05) is 11.8 Å². The zero-order valence-corrected chi connectivity index (χ0v) is 43.0. The molecule has 416 valence electrons. The van der Waals surface area contributed by atoms with Crippen molar-refractivity contribution < 1.29 is 69.6 Å². The molecule has 76 heavy (non-hydrogen) atoms. The molecule has 6 rings (SSSR count). The number of rotatable bonds is 35. The monoisotopic (exact) mass is 1090 g/mol. The average molecular weight is 1090 g/mol. The zero-order valence-electron chi connectivity index (χ0n) is 42.2. The molecule has 2 fully saturated rings. The summed E-state index contributed by atoms with van der Waals surface area (Å²) in [5.41, 5.74) is -1.97. The van der Waals surface area contributed by atoms with Crippen LogP contribution in [0.2, 0.25) is 0 Å². The van der Waals surface area contributed by atoms with Crippen LogP contribution < -0.4 is 42.0 Å². The molecular weight excluding hydrogens is 1030 g/mol. The molecule has 0 bridgehead atoms. The SMILES string of the molecule is C[C@H](NC(=O)[C@H](Cc1ccccc1)NC(=O)Cc1cc(F)cc(F)c1)C(=O)NCc1ccc(C2(C(F)(F)F)N=N2)cc1OCCOCCOCCNCCOCCOCCNC(=O)CCCC[C@@H]1SC[C@@H]2NC(=O)N[C@@H]21. The first-order valence-electron chi connectivity index (χ1n) is 25.2. The summed E-state index contributed by atoms with van der Waals surface area (Å²) in [7, 11) is 0. The van der Waals surface area contributed by atoms with Crippen molar-refractivity contribution in [2.75, 3.05) is 84.8 Å². The predicted molar refractivity (Wildman–Crippen MR) is 269 cm³/mol. The molecule has 25 heteroatoms. The maximum atomic E-state index is 13.9. The van der Waals surface area contributed by atoms with Crippen LogP contribution in [0.3, 0.4) is 0 Å². The van der Waals surface area contributed by atoms with E-state index in [1.54, 1.807) is 30.3 Å². The highest BCUT2D eigenvalue weighted by Gasteiger charge is 2.65. The number of nitrogens with one attached hydrogen (secondary N) is 7. The minimum atomic E-state index is -4.80. The average Bonchev–Trinajstić information content (AvgIpc) is 4.02. The molecule has 3 aliphatic rings. The summed E-state index contributed by atoms with van der Waals surface area (Å²) in [6.45, 7) is 5.30. The Bertz CT molecular complexity index is 2390. The molecule has 0 spiro atoms. The minimum absolute atomic E-state index is 0.00475. The van der Waals surface area contributed by atoms with Gasteiger partial charge in [-0.15, -0.1) is 10.2 Å². The maximum absolute atomic E-state index is 13.9. The Balaban J connectivity index is 0.814. The predicted octanol–water partition coefficient (Wildman–Crippen LogP) is 4.11. The number of hydrogen-bond acceptors (Lipinski definition) is 14. The van der Waals surface area contributed by atoms with Crippen LogP contribution in [0, 0.1) is 11.6 Å². The van der Waals surface area contributed by atoms with Crippen LogP contribution in [0.5, 0.6) is 5.75 Å².